The molecule has 6 rings (SSSR count). The molecule has 0 saturated heterocycles. The molecule has 5 nitrogen and oxygen atoms in total. The van der Waals surface area contributed by atoms with E-state index in [1.54, 1.807) is 11.3 Å². The Kier molecular flexibility index (Phi) is 7.76. The number of halogens is 1. The molecule has 2 aromatic heterocycles. The minimum atomic E-state index is -0.702. The van der Waals surface area contributed by atoms with Crippen LogP contribution in [0.4, 0.5) is 0 Å². The third-order valence-electron chi connectivity index (χ3n) is 8.09. The lowest BCUT2D eigenvalue weighted by Gasteiger charge is -2.30. The molecule has 0 bridgehead atoms. The van der Waals surface area contributed by atoms with Crippen LogP contribution in [0.25, 0.3) is 48.4 Å². The normalized spacial score (nSPS) is 15.3. The van der Waals surface area contributed by atoms with Crippen LogP contribution in [0.5, 0.6) is 0 Å². The maximum absolute atomic E-state index is 10.8. The van der Waals surface area contributed by atoms with Gasteiger partial charge in [-0.3, -0.25) is 0 Å². The molecule has 0 amide bonds. The van der Waals surface area contributed by atoms with Crippen molar-refractivity contribution >= 4 is 49.6 Å². The zero-order valence-corrected chi connectivity index (χ0v) is 27.2. The Morgan fingerprint density at radius 1 is 1.09 bits per heavy atom. The van der Waals surface area contributed by atoms with E-state index in [0.717, 1.165) is 62.6 Å². The van der Waals surface area contributed by atoms with Crippen LogP contribution in [0.1, 0.15) is 50.0 Å². The second-order valence-corrected chi connectivity index (χ2v) is 14.0. The highest BCUT2D eigenvalue weighted by molar-refractivity contribution is 7.22. The lowest BCUT2D eigenvalue weighted by molar-refractivity contribution is -0.0594. The summed E-state index contributed by atoms with van der Waals surface area (Å²) in [5.41, 5.74) is 9.27. The molecule has 1 aliphatic rings. The van der Waals surface area contributed by atoms with Crippen molar-refractivity contribution in [1.29, 1.82) is 0 Å². The van der Waals surface area contributed by atoms with Gasteiger partial charge in [0.05, 0.1) is 15.8 Å². The third-order valence-corrected chi connectivity index (χ3v) is 9.48. The van der Waals surface area contributed by atoms with Gasteiger partial charge in [0, 0.05) is 64.5 Å². The van der Waals surface area contributed by atoms with Crippen molar-refractivity contribution < 1.29 is 9.84 Å². The summed E-state index contributed by atoms with van der Waals surface area (Å²) in [6, 6.07) is 16.6. The molecule has 0 saturated carbocycles. The van der Waals surface area contributed by atoms with Gasteiger partial charge in [0.1, 0.15) is 16.9 Å². The number of aliphatic hydroxyl groups excluding tert-OH is 1. The molecule has 43 heavy (non-hydrogen) atoms. The van der Waals surface area contributed by atoms with Gasteiger partial charge in [0.15, 0.2) is 0 Å². The SMILES string of the molecule is C=C(O)[C@@H](OC(C)(C)C)c1c(C)cc2nc(-c3ccc4c(c3)c(C3=CCN(C)CC3)cn4C)sc2c1-c1ccc(Cl)cc1. The Balaban J connectivity index is 1.55. The number of hydrogen-bond acceptors (Lipinski definition) is 5. The van der Waals surface area contributed by atoms with Crippen molar-refractivity contribution in [2.45, 2.75) is 45.8 Å². The van der Waals surface area contributed by atoms with Gasteiger partial charge in [-0.15, -0.1) is 11.3 Å². The van der Waals surface area contributed by atoms with E-state index in [9.17, 15) is 5.11 Å². The first-order chi connectivity index (χ1) is 20.4. The van der Waals surface area contributed by atoms with Crippen molar-refractivity contribution in [3.05, 3.63) is 94.9 Å². The van der Waals surface area contributed by atoms with Gasteiger partial charge in [-0.2, -0.15) is 0 Å². The van der Waals surface area contributed by atoms with Gasteiger partial charge in [0.25, 0.3) is 0 Å². The summed E-state index contributed by atoms with van der Waals surface area (Å²) in [6.45, 7) is 13.9. The fourth-order valence-electron chi connectivity index (χ4n) is 6.02. The van der Waals surface area contributed by atoms with Crippen LogP contribution in [0.15, 0.2) is 73.1 Å². The van der Waals surface area contributed by atoms with Gasteiger partial charge in [0.2, 0.25) is 0 Å². The number of nitrogens with zero attached hydrogens (tertiary/aromatic N) is 3. The molecule has 1 aliphatic heterocycles. The van der Waals surface area contributed by atoms with E-state index in [1.807, 2.05) is 52.0 Å². The van der Waals surface area contributed by atoms with Crippen molar-refractivity contribution in [2.24, 2.45) is 7.05 Å². The Bertz CT molecular complexity index is 1890. The van der Waals surface area contributed by atoms with E-state index in [-0.39, 0.29) is 5.76 Å². The molecule has 0 unspecified atom stereocenters. The topological polar surface area (TPSA) is 50.5 Å². The fourth-order valence-corrected chi connectivity index (χ4v) is 7.27. The molecule has 222 valence electrons. The summed E-state index contributed by atoms with van der Waals surface area (Å²) in [7, 11) is 4.29. The number of likely N-dealkylation sites (N-methyl/N-ethyl adjacent to an activating group) is 1. The first-order valence-electron chi connectivity index (χ1n) is 14.6. The molecule has 0 spiro atoms. The number of aryl methyl sites for hydroxylation is 2. The predicted octanol–water partition coefficient (Wildman–Crippen LogP) is 9.73. The number of hydrogen-bond donors (Lipinski definition) is 1. The number of fused-ring (bicyclic) bond motifs is 2. The predicted molar refractivity (Wildman–Crippen MR) is 182 cm³/mol. The van der Waals surface area contributed by atoms with Crippen LogP contribution >= 0.6 is 22.9 Å². The standard InChI is InChI=1S/C36H38ClN3O2S/c1-21-18-29-34(32(24-8-11-26(37)12-9-24)31(21)33(22(2)41)42-36(3,4)5)43-35(38-29)25-10-13-30-27(19-25)28(20-40(30)7)23-14-16-39(6)17-15-23/h8-14,18-20,33,41H,2,15-17H2,1,3-7H3/t33-/m1/s1. The van der Waals surface area contributed by atoms with E-state index in [4.69, 9.17) is 21.3 Å². The second kappa shape index (κ2) is 11.3. The molecule has 1 atom stereocenters. The number of ether oxygens (including phenoxy) is 1. The number of aliphatic hydroxyl groups is 1. The first-order valence-corrected chi connectivity index (χ1v) is 15.8. The van der Waals surface area contributed by atoms with Crippen LogP contribution < -0.4 is 0 Å². The molecular formula is C36H38ClN3O2S. The Morgan fingerprint density at radius 3 is 2.47 bits per heavy atom. The average molecular weight is 612 g/mol. The Morgan fingerprint density at radius 2 is 1.81 bits per heavy atom. The Labute approximate surface area is 262 Å². The van der Waals surface area contributed by atoms with Crippen molar-refractivity contribution in [2.75, 3.05) is 20.1 Å². The molecular weight excluding hydrogens is 574 g/mol. The van der Waals surface area contributed by atoms with Gasteiger partial charge in [-0.1, -0.05) is 36.4 Å². The monoisotopic (exact) mass is 611 g/mol. The molecule has 0 radical (unpaired) electrons. The van der Waals surface area contributed by atoms with Crippen LogP contribution in [-0.4, -0.2) is 45.3 Å². The molecule has 0 aliphatic carbocycles. The van der Waals surface area contributed by atoms with E-state index in [0.29, 0.717) is 5.02 Å². The summed E-state index contributed by atoms with van der Waals surface area (Å²) >= 11 is 7.97. The van der Waals surface area contributed by atoms with Crippen molar-refractivity contribution in [3.8, 4) is 21.7 Å². The molecule has 5 aromatic rings. The van der Waals surface area contributed by atoms with E-state index in [2.05, 4.69) is 66.7 Å². The van der Waals surface area contributed by atoms with Crippen LogP contribution in [0.3, 0.4) is 0 Å². The van der Waals surface area contributed by atoms with E-state index >= 15 is 0 Å². The van der Waals surface area contributed by atoms with Gasteiger partial charge in [-0.05, 0) is 94.3 Å². The van der Waals surface area contributed by atoms with Crippen LogP contribution in [-0.2, 0) is 11.8 Å². The molecule has 0 fully saturated rings. The van der Waals surface area contributed by atoms with Crippen LogP contribution in [0, 0.1) is 6.92 Å². The zero-order chi connectivity index (χ0) is 30.6. The largest absolute Gasteiger partial charge is 0.510 e. The first kappa shape index (κ1) is 29.6. The number of benzene rings is 3. The minimum absolute atomic E-state index is 0.0254. The average Bonchev–Trinajstić information content (AvgIpc) is 3.52. The van der Waals surface area contributed by atoms with Gasteiger partial charge < -0.3 is 19.3 Å². The van der Waals surface area contributed by atoms with E-state index < -0.39 is 11.7 Å². The summed E-state index contributed by atoms with van der Waals surface area (Å²) in [5, 5.41) is 13.7. The maximum atomic E-state index is 10.8. The highest BCUT2D eigenvalue weighted by Crippen LogP contribution is 2.46. The highest BCUT2D eigenvalue weighted by atomic mass is 35.5. The Hall–Kier alpha value is -3.42. The zero-order valence-electron chi connectivity index (χ0n) is 25.7. The summed E-state index contributed by atoms with van der Waals surface area (Å²) in [5.74, 6) is -0.0254. The summed E-state index contributed by atoms with van der Waals surface area (Å²) in [6.07, 6.45) is 4.96. The molecule has 3 aromatic carbocycles. The van der Waals surface area contributed by atoms with Gasteiger partial charge >= 0.3 is 0 Å². The third kappa shape index (κ3) is 5.77. The fraction of sp³-hybridized carbons (Fsp3) is 0.306. The lowest BCUT2D eigenvalue weighted by atomic mass is 9.90. The smallest absolute Gasteiger partial charge is 0.140 e. The van der Waals surface area contributed by atoms with E-state index in [1.165, 1.54) is 22.0 Å². The van der Waals surface area contributed by atoms with Crippen LogP contribution in [0.2, 0.25) is 5.02 Å². The molecule has 1 N–H and O–H groups in total. The lowest BCUT2D eigenvalue weighted by Crippen LogP contribution is -2.24. The molecule has 3 heterocycles. The number of thiazole rings is 1. The quantitative estimate of drug-likeness (QED) is 0.194. The number of aromatic nitrogens is 2. The highest BCUT2D eigenvalue weighted by Gasteiger charge is 2.29. The maximum Gasteiger partial charge on any atom is 0.140 e. The second-order valence-electron chi connectivity index (χ2n) is 12.6. The molecule has 7 heteroatoms. The van der Waals surface area contributed by atoms with Gasteiger partial charge in [-0.25, -0.2) is 4.98 Å². The van der Waals surface area contributed by atoms with Crippen molar-refractivity contribution in [1.82, 2.24) is 14.5 Å². The summed E-state index contributed by atoms with van der Waals surface area (Å²) < 4.78 is 9.67. The minimum Gasteiger partial charge on any atom is -0.510 e. The number of rotatable bonds is 6. The van der Waals surface area contributed by atoms with Crippen molar-refractivity contribution in [3.63, 3.8) is 0 Å². The summed E-state index contributed by atoms with van der Waals surface area (Å²) in [4.78, 5) is 7.52.